The number of ether oxygens (including phenoxy) is 1. The minimum absolute atomic E-state index is 0.122. The Bertz CT molecular complexity index is 1110. The van der Waals surface area contributed by atoms with Gasteiger partial charge >= 0.3 is 0 Å². The number of thiophene rings is 1. The topological polar surface area (TPSA) is 61.9 Å². The summed E-state index contributed by atoms with van der Waals surface area (Å²) in [6.07, 6.45) is 0. The third-order valence-corrected chi connectivity index (χ3v) is 6.52. The van der Waals surface area contributed by atoms with Crippen molar-refractivity contribution in [1.29, 1.82) is 0 Å². The second-order valence-corrected chi connectivity index (χ2v) is 9.33. The van der Waals surface area contributed by atoms with Crippen LogP contribution in [0.5, 0.6) is 5.75 Å². The fraction of sp³-hybridized carbons (Fsp3) is 0.280. The van der Waals surface area contributed by atoms with Crippen molar-refractivity contribution in [2.24, 2.45) is 0 Å². The average molecular weight is 450 g/mol. The minimum atomic E-state index is -0.996. The van der Waals surface area contributed by atoms with Crippen LogP contribution in [0.3, 0.4) is 0 Å². The summed E-state index contributed by atoms with van der Waals surface area (Å²) >= 11 is 1.66. The number of para-hydroxylation sites is 3. The van der Waals surface area contributed by atoms with E-state index in [4.69, 9.17) is 4.74 Å². The Labute approximate surface area is 192 Å². The zero-order chi connectivity index (χ0) is 22.7. The lowest BCUT2D eigenvalue weighted by Crippen LogP contribution is -2.60. The molecule has 2 heterocycles. The molecule has 0 saturated heterocycles. The number of fused-ring (bicyclic) bond motifs is 1. The lowest BCUT2D eigenvalue weighted by atomic mass is 9.96. The molecule has 1 aromatic heterocycles. The quantitative estimate of drug-likeness (QED) is 0.576. The summed E-state index contributed by atoms with van der Waals surface area (Å²) in [5.41, 5.74) is 1.38. The molecule has 0 radical (unpaired) electrons. The summed E-state index contributed by atoms with van der Waals surface area (Å²) in [7, 11) is 1.65. The number of carbonyl (C=O) groups is 2. The van der Waals surface area contributed by atoms with E-state index in [2.05, 4.69) is 16.3 Å². The van der Waals surface area contributed by atoms with Crippen molar-refractivity contribution in [1.82, 2.24) is 4.90 Å². The third-order valence-electron chi connectivity index (χ3n) is 5.66. The number of benzene rings is 2. The molecule has 1 N–H and O–H groups in total. The molecule has 0 aliphatic carbocycles. The summed E-state index contributed by atoms with van der Waals surface area (Å²) < 4.78 is 5.52. The number of nitrogens with zero attached hydrogens (tertiary/aromatic N) is 2. The molecule has 7 heteroatoms. The maximum Gasteiger partial charge on any atom is 0.250 e. The standard InChI is InChI=1S/C25H27N3O3S/c1-25(2)24(30)26-20-11-5-6-12-21(20)28(25)23(29)17-27(16-19-10-8-14-32-19)15-18-9-4-7-13-22(18)31-3/h4-14H,15-17H2,1-3H3,(H,26,30). The van der Waals surface area contributed by atoms with Crippen LogP contribution in [-0.4, -0.2) is 35.9 Å². The molecule has 32 heavy (non-hydrogen) atoms. The van der Waals surface area contributed by atoms with Crippen molar-refractivity contribution < 1.29 is 14.3 Å². The molecule has 4 rings (SSSR count). The van der Waals surface area contributed by atoms with Crippen LogP contribution in [0.2, 0.25) is 0 Å². The first-order chi connectivity index (χ1) is 15.4. The molecule has 1 aliphatic rings. The van der Waals surface area contributed by atoms with Gasteiger partial charge in [-0.15, -0.1) is 11.3 Å². The van der Waals surface area contributed by atoms with Crippen LogP contribution in [0.25, 0.3) is 0 Å². The summed E-state index contributed by atoms with van der Waals surface area (Å²) in [5.74, 6) is 0.474. The van der Waals surface area contributed by atoms with E-state index in [1.54, 1.807) is 37.2 Å². The van der Waals surface area contributed by atoms with Gasteiger partial charge in [0, 0.05) is 23.5 Å². The van der Waals surface area contributed by atoms with Crippen LogP contribution in [0.15, 0.2) is 66.0 Å². The van der Waals surface area contributed by atoms with Gasteiger partial charge in [-0.25, -0.2) is 0 Å². The van der Waals surface area contributed by atoms with Gasteiger partial charge in [0.1, 0.15) is 11.3 Å². The number of hydrogen-bond donors (Lipinski definition) is 1. The highest BCUT2D eigenvalue weighted by atomic mass is 32.1. The largest absolute Gasteiger partial charge is 0.496 e. The Morgan fingerprint density at radius 1 is 1.06 bits per heavy atom. The van der Waals surface area contributed by atoms with E-state index in [-0.39, 0.29) is 18.4 Å². The molecular weight excluding hydrogens is 422 g/mol. The van der Waals surface area contributed by atoms with Gasteiger partial charge in [-0.1, -0.05) is 36.4 Å². The van der Waals surface area contributed by atoms with Crippen molar-refractivity contribution in [3.63, 3.8) is 0 Å². The van der Waals surface area contributed by atoms with E-state index in [9.17, 15) is 9.59 Å². The first-order valence-corrected chi connectivity index (χ1v) is 11.4. The molecule has 1 aliphatic heterocycles. The second kappa shape index (κ2) is 9.14. The lowest BCUT2D eigenvalue weighted by molar-refractivity contribution is -0.127. The highest BCUT2D eigenvalue weighted by molar-refractivity contribution is 7.09. The predicted molar refractivity (Wildman–Crippen MR) is 128 cm³/mol. The molecule has 0 spiro atoms. The summed E-state index contributed by atoms with van der Waals surface area (Å²) in [5, 5.41) is 4.95. The molecule has 0 fully saturated rings. The Hall–Kier alpha value is -3.16. The van der Waals surface area contributed by atoms with Crippen molar-refractivity contribution >= 4 is 34.5 Å². The van der Waals surface area contributed by atoms with Crippen LogP contribution >= 0.6 is 11.3 Å². The zero-order valence-corrected chi connectivity index (χ0v) is 19.3. The number of rotatable bonds is 7. The maximum atomic E-state index is 13.7. The number of carbonyl (C=O) groups excluding carboxylic acids is 2. The number of hydrogen-bond acceptors (Lipinski definition) is 5. The molecular formula is C25H27N3O3S. The first kappa shape index (κ1) is 22.0. The predicted octanol–water partition coefficient (Wildman–Crippen LogP) is 4.52. The van der Waals surface area contributed by atoms with Crippen molar-refractivity contribution in [2.75, 3.05) is 23.9 Å². The molecule has 0 atom stereocenters. The molecule has 0 bridgehead atoms. The molecule has 3 aromatic rings. The number of methoxy groups -OCH3 is 1. The fourth-order valence-electron chi connectivity index (χ4n) is 4.03. The molecule has 2 amide bonds. The summed E-state index contributed by atoms with van der Waals surface area (Å²) in [4.78, 5) is 31.4. The molecule has 0 saturated carbocycles. The second-order valence-electron chi connectivity index (χ2n) is 8.30. The van der Waals surface area contributed by atoms with Crippen molar-refractivity contribution in [3.05, 3.63) is 76.5 Å². The van der Waals surface area contributed by atoms with Crippen LogP contribution in [0.1, 0.15) is 24.3 Å². The van der Waals surface area contributed by atoms with Crippen molar-refractivity contribution in [2.45, 2.75) is 32.5 Å². The maximum absolute atomic E-state index is 13.7. The summed E-state index contributed by atoms with van der Waals surface area (Å²) in [6, 6.07) is 19.3. The van der Waals surface area contributed by atoms with E-state index in [0.29, 0.717) is 18.8 Å². The van der Waals surface area contributed by atoms with Crippen LogP contribution in [0.4, 0.5) is 11.4 Å². The van der Waals surface area contributed by atoms with Gasteiger partial charge in [0.05, 0.1) is 25.0 Å². The Balaban J connectivity index is 1.64. The van der Waals surface area contributed by atoms with Crippen LogP contribution in [0, 0.1) is 0 Å². The van der Waals surface area contributed by atoms with E-state index < -0.39 is 5.54 Å². The van der Waals surface area contributed by atoms with Crippen LogP contribution in [-0.2, 0) is 22.7 Å². The van der Waals surface area contributed by atoms with E-state index in [1.165, 1.54) is 4.88 Å². The van der Waals surface area contributed by atoms with Gasteiger partial charge in [-0.05, 0) is 43.5 Å². The molecule has 2 aromatic carbocycles. The van der Waals surface area contributed by atoms with Gasteiger partial charge in [-0.3, -0.25) is 19.4 Å². The van der Waals surface area contributed by atoms with E-state index >= 15 is 0 Å². The summed E-state index contributed by atoms with van der Waals surface area (Å²) in [6.45, 7) is 4.90. The van der Waals surface area contributed by atoms with Gasteiger partial charge in [0.15, 0.2) is 0 Å². The highest BCUT2D eigenvalue weighted by Crippen LogP contribution is 2.37. The Morgan fingerprint density at radius 2 is 1.81 bits per heavy atom. The van der Waals surface area contributed by atoms with Gasteiger partial charge in [-0.2, -0.15) is 0 Å². The first-order valence-electron chi connectivity index (χ1n) is 10.5. The normalized spacial score (nSPS) is 14.8. The van der Waals surface area contributed by atoms with Crippen LogP contribution < -0.4 is 15.0 Å². The average Bonchev–Trinajstić information content (AvgIpc) is 3.27. The smallest absolute Gasteiger partial charge is 0.250 e. The van der Waals surface area contributed by atoms with E-state index in [1.807, 2.05) is 60.0 Å². The fourth-order valence-corrected chi connectivity index (χ4v) is 4.77. The molecule has 6 nitrogen and oxygen atoms in total. The molecule has 0 unspecified atom stereocenters. The highest BCUT2D eigenvalue weighted by Gasteiger charge is 2.43. The third kappa shape index (κ3) is 4.40. The molecule has 166 valence electrons. The van der Waals surface area contributed by atoms with E-state index in [0.717, 1.165) is 17.0 Å². The van der Waals surface area contributed by atoms with Gasteiger partial charge < -0.3 is 10.1 Å². The Morgan fingerprint density at radius 3 is 2.56 bits per heavy atom. The monoisotopic (exact) mass is 449 g/mol. The zero-order valence-electron chi connectivity index (χ0n) is 18.5. The number of anilines is 2. The number of nitrogens with one attached hydrogen (secondary N) is 1. The van der Waals surface area contributed by atoms with Gasteiger partial charge in [0.25, 0.3) is 0 Å². The van der Waals surface area contributed by atoms with Gasteiger partial charge in [0.2, 0.25) is 11.8 Å². The number of amides is 2. The minimum Gasteiger partial charge on any atom is -0.496 e. The Kier molecular flexibility index (Phi) is 6.30. The SMILES string of the molecule is COc1ccccc1CN(CC(=O)N1c2ccccc2NC(=O)C1(C)C)Cc1cccs1. The lowest BCUT2D eigenvalue weighted by Gasteiger charge is -2.42. The van der Waals surface area contributed by atoms with Crippen molar-refractivity contribution in [3.8, 4) is 5.75 Å².